The first-order chi connectivity index (χ1) is 6.70. The third-order valence-electron chi connectivity index (χ3n) is 2.79. The third kappa shape index (κ3) is 1.56. The molecule has 2 rings (SSSR count). The van der Waals surface area contributed by atoms with Crippen LogP contribution in [0.1, 0.15) is 25.3 Å². The number of rotatable bonds is 2. The van der Waals surface area contributed by atoms with Gasteiger partial charge in [-0.3, -0.25) is 0 Å². The number of benzene rings is 1. The summed E-state index contributed by atoms with van der Waals surface area (Å²) in [5.41, 5.74) is 7.31. The first-order valence-electron chi connectivity index (χ1n) is 4.92. The number of thiophene rings is 1. The second-order valence-corrected chi connectivity index (χ2v) is 4.75. The van der Waals surface area contributed by atoms with Gasteiger partial charge in [0.1, 0.15) is 0 Å². The van der Waals surface area contributed by atoms with Crippen LogP contribution < -0.4 is 5.73 Å². The molecule has 0 saturated carbocycles. The highest BCUT2D eigenvalue weighted by molar-refractivity contribution is 7.17. The fourth-order valence-corrected chi connectivity index (χ4v) is 2.70. The Balaban J connectivity index is 2.53. The molecule has 2 unspecified atom stereocenters. The predicted octanol–water partition coefficient (Wildman–Crippen LogP) is 3.35. The van der Waals surface area contributed by atoms with E-state index >= 15 is 0 Å². The highest BCUT2D eigenvalue weighted by Gasteiger charge is 2.14. The van der Waals surface area contributed by atoms with Crippen molar-refractivity contribution in [3.05, 3.63) is 35.2 Å². The molecule has 0 fully saturated rings. The van der Waals surface area contributed by atoms with E-state index in [1.54, 1.807) is 11.3 Å². The molecule has 0 aliphatic rings. The smallest absolute Gasteiger partial charge is 0.0345 e. The van der Waals surface area contributed by atoms with Crippen LogP contribution in [-0.2, 0) is 0 Å². The van der Waals surface area contributed by atoms with Crippen LogP contribution in [0.15, 0.2) is 29.6 Å². The van der Waals surface area contributed by atoms with Crippen molar-refractivity contribution in [2.24, 2.45) is 5.73 Å². The minimum absolute atomic E-state index is 0.216. The molecule has 1 aromatic carbocycles. The van der Waals surface area contributed by atoms with Gasteiger partial charge in [-0.15, -0.1) is 11.3 Å². The lowest BCUT2D eigenvalue weighted by Gasteiger charge is -2.14. The Kier molecular flexibility index (Phi) is 2.57. The van der Waals surface area contributed by atoms with Gasteiger partial charge in [-0.1, -0.05) is 25.1 Å². The summed E-state index contributed by atoms with van der Waals surface area (Å²) in [4.78, 5) is 0. The summed E-state index contributed by atoms with van der Waals surface area (Å²) in [6, 6.07) is 8.73. The first kappa shape index (κ1) is 9.69. The maximum absolute atomic E-state index is 5.92. The summed E-state index contributed by atoms with van der Waals surface area (Å²) in [5.74, 6) is 0.436. The summed E-state index contributed by atoms with van der Waals surface area (Å²) in [7, 11) is 0. The molecule has 1 aromatic heterocycles. The molecule has 0 aliphatic heterocycles. The molecular weight excluding hydrogens is 190 g/mol. The van der Waals surface area contributed by atoms with Crippen molar-refractivity contribution < 1.29 is 0 Å². The Hall–Kier alpha value is -0.860. The molecule has 0 saturated heterocycles. The summed E-state index contributed by atoms with van der Waals surface area (Å²) in [5, 5.41) is 3.60. The summed E-state index contributed by atoms with van der Waals surface area (Å²) >= 11 is 1.80. The lowest BCUT2D eigenvalue weighted by atomic mass is 9.95. The first-order valence-corrected chi connectivity index (χ1v) is 5.80. The molecule has 0 radical (unpaired) electrons. The van der Waals surface area contributed by atoms with Gasteiger partial charge < -0.3 is 5.73 Å². The van der Waals surface area contributed by atoms with Gasteiger partial charge in [-0.2, -0.15) is 0 Å². The number of hydrogen-bond acceptors (Lipinski definition) is 2. The zero-order valence-electron chi connectivity index (χ0n) is 8.53. The van der Waals surface area contributed by atoms with Crippen LogP contribution in [0.4, 0.5) is 0 Å². The fraction of sp³-hybridized carbons (Fsp3) is 0.333. The fourth-order valence-electron chi connectivity index (χ4n) is 1.63. The van der Waals surface area contributed by atoms with E-state index in [0.717, 1.165) is 0 Å². The van der Waals surface area contributed by atoms with E-state index in [2.05, 4.69) is 43.5 Å². The zero-order valence-corrected chi connectivity index (χ0v) is 9.34. The minimum Gasteiger partial charge on any atom is -0.327 e. The lowest BCUT2D eigenvalue weighted by molar-refractivity contribution is 0.618. The quantitative estimate of drug-likeness (QED) is 0.799. The van der Waals surface area contributed by atoms with E-state index in [1.807, 2.05) is 0 Å². The third-order valence-corrected chi connectivity index (χ3v) is 3.77. The molecular formula is C12H15NS. The van der Waals surface area contributed by atoms with Crippen LogP contribution in [0, 0.1) is 0 Å². The van der Waals surface area contributed by atoms with Crippen LogP contribution in [0.25, 0.3) is 10.1 Å². The lowest BCUT2D eigenvalue weighted by Crippen LogP contribution is -2.22. The molecule has 1 heterocycles. The van der Waals surface area contributed by atoms with Crippen LogP contribution in [0.2, 0.25) is 0 Å². The van der Waals surface area contributed by atoms with E-state index < -0.39 is 0 Å². The second kappa shape index (κ2) is 3.71. The van der Waals surface area contributed by atoms with Gasteiger partial charge in [0.05, 0.1) is 0 Å². The summed E-state index contributed by atoms with van der Waals surface area (Å²) in [6.45, 7) is 4.26. The van der Waals surface area contributed by atoms with Gasteiger partial charge >= 0.3 is 0 Å². The Morgan fingerprint density at radius 2 is 1.93 bits per heavy atom. The predicted molar refractivity (Wildman–Crippen MR) is 63.9 cm³/mol. The van der Waals surface area contributed by atoms with Crippen molar-refractivity contribution in [2.45, 2.75) is 25.8 Å². The Bertz CT molecular complexity index is 431. The largest absolute Gasteiger partial charge is 0.327 e. The number of hydrogen-bond donors (Lipinski definition) is 1. The van der Waals surface area contributed by atoms with Crippen molar-refractivity contribution in [2.75, 3.05) is 0 Å². The maximum atomic E-state index is 5.92. The van der Waals surface area contributed by atoms with Gasteiger partial charge in [0.25, 0.3) is 0 Å². The van der Waals surface area contributed by atoms with E-state index in [-0.39, 0.29) is 6.04 Å². The SMILES string of the molecule is CC(N)C(C)c1csc2ccccc12. The Morgan fingerprint density at radius 1 is 1.21 bits per heavy atom. The number of fused-ring (bicyclic) bond motifs is 1. The minimum atomic E-state index is 0.216. The van der Waals surface area contributed by atoms with Crippen LogP contribution >= 0.6 is 11.3 Å². The van der Waals surface area contributed by atoms with Crippen molar-refractivity contribution in [1.29, 1.82) is 0 Å². The second-order valence-electron chi connectivity index (χ2n) is 3.83. The normalized spacial score (nSPS) is 15.6. The number of nitrogens with two attached hydrogens (primary N) is 1. The average Bonchev–Trinajstić information content (AvgIpc) is 2.60. The van der Waals surface area contributed by atoms with E-state index in [4.69, 9.17) is 5.73 Å². The van der Waals surface area contributed by atoms with Crippen LogP contribution in [0.5, 0.6) is 0 Å². The van der Waals surface area contributed by atoms with E-state index in [9.17, 15) is 0 Å². The van der Waals surface area contributed by atoms with Crippen molar-refractivity contribution in [1.82, 2.24) is 0 Å². The highest BCUT2D eigenvalue weighted by atomic mass is 32.1. The van der Waals surface area contributed by atoms with Crippen LogP contribution in [0.3, 0.4) is 0 Å². The summed E-state index contributed by atoms with van der Waals surface area (Å²) < 4.78 is 1.36. The van der Waals surface area contributed by atoms with Gasteiger partial charge in [0, 0.05) is 10.7 Å². The molecule has 0 aliphatic carbocycles. The molecule has 2 heteroatoms. The highest BCUT2D eigenvalue weighted by Crippen LogP contribution is 2.31. The van der Waals surface area contributed by atoms with Gasteiger partial charge in [0.15, 0.2) is 0 Å². The van der Waals surface area contributed by atoms with Gasteiger partial charge in [-0.05, 0) is 35.2 Å². The van der Waals surface area contributed by atoms with E-state index in [0.29, 0.717) is 5.92 Å². The summed E-state index contributed by atoms with van der Waals surface area (Å²) in [6.07, 6.45) is 0. The monoisotopic (exact) mass is 205 g/mol. The molecule has 14 heavy (non-hydrogen) atoms. The van der Waals surface area contributed by atoms with Crippen molar-refractivity contribution in [3.8, 4) is 0 Å². The molecule has 2 N–H and O–H groups in total. The zero-order chi connectivity index (χ0) is 10.1. The Labute approximate surface area is 88.6 Å². The average molecular weight is 205 g/mol. The molecule has 0 bridgehead atoms. The molecule has 2 aromatic rings. The topological polar surface area (TPSA) is 26.0 Å². The molecule has 1 nitrogen and oxygen atoms in total. The molecule has 0 spiro atoms. The molecule has 0 amide bonds. The standard InChI is InChI=1S/C12H15NS/c1-8(9(2)13)11-7-14-12-6-4-3-5-10(11)12/h3-9H,13H2,1-2H3. The van der Waals surface area contributed by atoms with Crippen LogP contribution in [-0.4, -0.2) is 6.04 Å². The van der Waals surface area contributed by atoms with E-state index in [1.165, 1.54) is 15.6 Å². The molecule has 74 valence electrons. The molecule has 2 atom stereocenters. The Morgan fingerprint density at radius 3 is 2.64 bits per heavy atom. The van der Waals surface area contributed by atoms with Gasteiger partial charge in [0.2, 0.25) is 0 Å². The maximum Gasteiger partial charge on any atom is 0.0345 e. The van der Waals surface area contributed by atoms with Crippen molar-refractivity contribution in [3.63, 3.8) is 0 Å². The van der Waals surface area contributed by atoms with Crippen molar-refractivity contribution >= 4 is 21.4 Å². The van der Waals surface area contributed by atoms with Gasteiger partial charge in [-0.25, -0.2) is 0 Å².